The number of hydrogen-bond acceptors (Lipinski definition) is 2. The Kier molecular flexibility index (Phi) is 32.6. The molecule has 0 aromatic rings. The highest BCUT2D eigenvalue weighted by Crippen LogP contribution is 1.44. The second-order valence-corrected chi connectivity index (χ2v) is 0.952. The first-order chi connectivity index (χ1) is 4.13. The molecule has 0 radical (unpaired) electrons. The highest BCUT2D eigenvalue weighted by atomic mass is 16.0. The van der Waals surface area contributed by atoms with E-state index < -0.39 is 0 Å². The van der Waals surface area contributed by atoms with Crippen molar-refractivity contribution in [2.45, 2.75) is 13.8 Å². The fourth-order valence-electron chi connectivity index (χ4n) is 0.145. The molecule has 0 aromatic heterocycles. The molecule has 0 aliphatic heterocycles. The molecule has 0 rings (SSSR count). The van der Waals surface area contributed by atoms with E-state index >= 15 is 0 Å². The van der Waals surface area contributed by atoms with E-state index in [1.807, 2.05) is 19.2 Å². The van der Waals surface area contributed by atoms with Gasteiger partial charge in [-0.05, 0) is 0 Å². The minimum Gasteiger partial charge on any atom is -0.412 e. The molecule has 0 aliphatic rings. The average molecular weight is 167 g/mol. The van der Waals surface area contributed by atoms with E-state index in [0.717, 1.165) is 0 Å². The quantitative estimate of drug-likeness (QED) is 0.202. The van der Waals surface area contributed by atoms with Gasteiger partial charge in [0.05, 0.1) is 0 Å². The van der Waals surface area contributed by atoms with Crippen molar-refractivity contribution < 1.29 is 11.0 Å². The van der Waals surface area contributed by atoms with E-state index in [1.54, 1.807) is 0 Å². The Morgan fingerprint density at radius 1 is 1.00 bits per heavy atom. The summed E-state index contributed by atoms with van der Waals surface area (Å²) in [5.41, 5.74) is 9.49. The lowest BCUT2D eigenvalue weighted by Crippen LogP contribution is -2.39. The summed E-state index contributed by atoms with van der Waals surface area (Å²) in [6, 6.07) is 0. The van der Waals surface area contributed by atoms with E-state index in [4.69, 9.17) is 22.3 Å². The van der Waals surface area contributed by atoms with Gasteiger partial charge in [-0.15, -0.1) is 0 Å². The first-order valence-corrected chi connectivity index (χ1v) is 2.58. The van der Waals surface area contributed by atoms with Gasteiger partial charge in [0, 0.05) is 0 Å². The van der Waals surface area contributed by atoms with E-state index in [-0.39, 0.29) is 22.9 Å². The molecule has 0 unspecified atom stereocenters. The molecule has 0 amide bonds. The lowest BCUT2D eigenvalue weighted by atomic mass is 10.9. The maximum atomic E-state index is 6.47. The molecule has 0 saturated heterocycles. The summed E-state index contributed by atoms with van der Waals surface area (Å²) in [5.74, 6) is -0.625. The summed E-state index contributed by atoms with van der Waals surface area (Å²) in [4.78, 5) is 0. The Morgan fingerprint density at radius 2 is 1.18 bits per heavy atom. The molecule has 0 atom stereocenters. The molecule has 7 heteroatoms. The summed E-state index contributed by atoms with van der Waals surface area (Å²) in [7, 11) is 0. The second kappa shape index (κ2) is 15.9. The van der Waals surface area contributed by atoms with Gasteiger partial charge in [-0.2, -0.15) is 0 Å². The van der Waals surface area contributed by atoms with Crippen molar-refractivity contribution in [3.05, 3.63) is 0 Å². The minimum absolute atomic E-state index is 0. The molecule has 0 aromatic carbocycles. The minimum atomic E-state index is -0.312. The summed E-state index contributed by atoms with van der Waals surface area (Å²) >= 11 is 0. The molecule has 0 spiro atoms. The average Bonchev–Trinajstić information content (AvgIpc) is 1.68. The van der Waals surface area contributed by atoms with E-state index in [9.17, 15) is 0 Å². The van der Waals surface area contributed by atoms with Gasteiger partial charge in [-0.25, -0.2) is 0 Å². The third-order valence-electron chi connectivity index (χ3n) is 0.269. The molecule has 0 heterocycles. The molecule has 7 nitrogen and oxygen atoms in total. The van der Waals surface area contributed by atoms with Crippen LogP contribution in [-0.4, -0.2) is 22.9 Å². The van der Waals surface area contributed by atoms with Crippen molar-refractivity contribution in [3.63, 3.8) is 0 Å². The molecule has 0 bridgehead atoms. The van der Waals surface area contributed by atoms with Crippen LogP contribution in [0.1, 0.15) is 13.8 Å². The normalized spacial score (nSPS) is 5.27. The topological polar surface area (TPSA) is 175 Å². The maximum Gasteiger partial charge on any atom is 0.192 e. The van der Waals surface area contributed by atoms with Crippen LogP contribution in [0.15, 0.2) is 0 Å². The summed E-state index contributed by atoms with van der Waals surface area (Å²) in [6.07, 6.45) is 0. The number of nitrogens with one attached hydrogen (secondary N) is 3. The largest absolute Gasteiger partial charge is 0.412 e. The van der Waals surface area contributed by atoms with Gasteiger partial charge in [0.15, 0.2) is 11.9 Å². The van der Waals surface area contributed by atoms with Crippen LogP contribution in [0, 0.1) is 10.8 Å². The fraction of sp³-hybridized carbons (Fsp3) is 0.500. The zero-order valence-corrected chi connectivity index (χ0v) is 6.65. The molecular formula is C4H17N5O2. The Bertz CT molecular complexity index is 92.7. The molecule has 11 N–H and O–H groups in total. The molecule has 0 saturated carbocycles. The van der Waals surface area contributed by atoms with Crippen LogP contribution in [0.2, 0.25) is 0 Å². The lowest BCUT2D eigenvalue weighted by molar-refractivity contribution is 0.823. The van der Waals surface area contributed by atoms with Gasteiger partial charge in [0.25, 0.3) is 0 Å². The SMILES string of the molecule is CC.N=C(N)NC(=N)N.O.O. The maximum absolute atomic E-state index is 6.47. The monoisotopic (exact) mass is 167 g/mol. The lowest BCUT2D eigenvalue weighted by Gasteiger charge is -1.95. The van der Waals surface area contributed by atoms with Crippen LogP contribution >= 0.6 is 0 Å². The standard InChI is InChI=1S/C2H7N5.C2H6.2H2O/c3-1(4)7-2(5)6;1-2;;/h(H7,3,4,5,6,7);1-2H3;2*1H2. The molecule has 11 heavy (non-hydrogen) atoms. The number of rotatable bonds is 0. The molecule has 0 aliphatic carbocycles. The van der Waals surface area contributed by atoms with Crippen LogP contribution in [0.25, 0.3) is 0 Å². The highest BCUT2D eigenvalue weighted by Gasteiger charge is 1.83. The smallest absolute Gasteiger partial charge is 0.192 e. The fourth-order valence-corrected chi connectivity index (χ4v) is 0.145. The van der Waals surface area contributed by atoms with Gasteiger partial charge in [0.1, 0.15) is 0 Å². The van der Waals surface area contributed by atoms with E-state index in [2.05, 4.69) is 0 Å². The van der Waals surface area contributed by atoms with Crippen LogP contribution in [0.5, 0.6) is 0 Å². The van der Waals surface area contributed by atoms with Crippen molar-refractivity contribution in [3.8, 4) is 0 Å². The molecule has 70 valence electrons. The zero-order chi connectivity index (χ0) is 7.86. The van der Waals surface area contributed by atoms with Crippen LogP contribution in [-0.2, 0) is 0 Å². The third kappa shape index (κ3) is 54.3. The van der Waals surface area contributed by atoms with Crippen LogP contribution in [0.4, 0.5) is 0 Å². The van der Waals surface area contributed by atoms with Crippen molar-refractivity contribution in [2.75, 3.05) is 0 Å². The van der Waals surface area contributed by atoms with Gasteiger partial charge in [-0.3, -0.25) is 16.1 Å². The Hall–Kier alpha value is -1.34. The Morgan fingerprint density at radius 3 is 1.18 bits per heavy atom. The Labute approximate surface area is 65.4 Å². The van der Waals surface area contributed by atoms with Crippen LogP contribution < -0.4 is 16.8 Å². The molecular weight excluding hydrogens is 150 g/mol. The summed E-state index contributed by atoms with van der Waals surface area (Å²) in [6.45, 7) is 4.00. The van der Waals surface area contributed by atoms with Gasteiger partial charge in [0.2, 0.25) is 0 Å². The van der Waals surface area contributed by atoms with Crippen molar-refractivity contribution in [2.24, 2.45) is 11.5 Å². The van der Waals surface area contributed by atoms with Crippen molar-refractivity contribution in [1.82, 2.24) is 5.32 Å². The third-order valence-corrected chi connectivity index (χ3v) is 0.269. The highest BCUT2D eigenvalue weighted by molar-refractivity contribution is 5.93. The second-order valence-electron chi connectivity index (χ2n) is 0.952. The number of hydrogen-bond donors (Lipinski definition) is 5. The molecule has 0 fully saturated rings. The summed E-state index contributed by atoms with van der Waals surface area (Å²) in [5, 5.41) is 15.0. The zero-order valence-electron chi connectivity index (χ0n) is 6.65. The van der Waals surface area contributed by atoms with E-state index in [0.29, 0.717) is 0 Å². The van der Waals surface area contributed by atoms with Crippen molar-refractivity contribution in [1.29, 1.82) is 10.8 Å². The van der Waals surface area contributed by atoms with Gasteiger partial charge in [-0.1, -0.05) is 13.8 Å². The number of nitrogens with two attached hydrogens (primary N) is 2. The van der Waals surface area contributed by atoms with Crippen LogP contribution in [0.3, 0.4) is 0 Å². The first-order valence-electron chi connectivity index (χ1n) is 2.58. The summed E-state index contributed by atoms with van der Waals surface area (Å²) < 4.78 is 0. The van der Waals surface area contributed by atoms with Gasteiger partial charge < -0.3 is 22.4 Å². The van der Waals surface area contributed by atoms with Crippen molar-refractivity contribution >= 4 is 11.9 Å². The first kappa shape index (κ1) is 22.6. The van der Waals surface area contributed by atoms with E-state index in [1.165, 1.54) is 0 Å². The predicted molar refractivity (Wildman–Crippen MR) is 45.5 cm³/mol. The number of guanidine groups is 2. The Balaban J connectivity index is -0.0000000564. The predicted octanol–water partition coefficient (Wildman–Crippen LogP) is -2.26. The van der Waals surface area contributed by atoms with Gasteiger partial charge >= 0.3 is 0 Å².